The summed E-state index contributed by atoms with van der Waals surface area (Å²) in [6.07, 6.45) is 15.1. The molecule has 1 aromatic heterocycles. The molecule has 0 saturated heterocycles. The van der Waals surface area contributed by atoms with Crippen molar-refractivity contribution >= 4 is 5.91 Å². The van der Waals surface area contributed by atoms with Gasteiger partial charge in [0.25, 0.3) is 0 Å². The third kappa shape index (κ3) is 3.78. The predicted molar refractivity (Wildman–Crippen MR) is 85.4 cm³/mol. The average molecular weight is 309 g/mol. The first-order valence-corrected chi connectivity index (χ1v) is 7.84. The third-order valence-electron chi connectivity index (χ3n) is 4.14. The minimum atomic E-state index is -0.367. The lowest BCUT2D eigenvalue weighted by atomic mass is 10.0. The zero-order chi connectivity index (χ0) is 16.3. The molecule has 118 valence electrons. The molecular weight excluding hydrogens is 290 g/mol. The second-order valence-corrected chi connectivity index (χ2v) is 6.02. The molecule has 6 nitrogen and oxygen atoms in total. The van der Waals surface area contributed by atoms with E-state index in [9.17, 15) is 4.79 Å². The Bertz CT molecular complexity index is 708. The van der Waals surface area contributed by atoms with Gasteiger partial charge in [-0.25, -0.2) is 4.68 Å². The van der Waals surface area contributed by atoms with Crippen molar-refractivity contribution in [1.29, 1.82) is 0 Å². The van der Waals surface area contributed by atoms with Crippen molar-refractivity contribution in [3.05, 3.63) is 17.5 Å². The fourth-order valence-corrected chi connectivity index (χ4v) is 2.51. The Balaban J connectivity index is 1.46. The molecule has 0 aromatic carbocycles. The van der Waals surface area contributed by atoms with Crippen LogP contribution < -0.4 is 5.32 Å². The van der Waals surface area contributed by atoms with Gasteiger partial charge < -0.3 is 5.32 Å². The van der Waals surface area contributed by atoms with Crippen molar-refractivity contribution in [1.82, 2.24) is 15.1 Å². The topological polar surface area (TPSA) is 71.6 Å². The molecule has 1 saturated carbocycles. The lowest BCUT2D eigenvalue weighted by Gasteiger charge is -2.10. The highest BCUT2D eigenvalue weighted by molar-refractivity contribution is 5.75. The second-order valence-electron chi connectivity index (χ2n) is 6.02. The summed E-state index contributed by atoms with van der Waals surface area (Å²) in [5.41, 5.74) is 1.28. The van der Waals surface area contributed by atoms with Gasteiger partial charge in [0.15, 0.2) is 5.66 Å². The number of amides is 1. The number of hydrogen-bond donors (Lipinski definition) is 1. The van der Waals surface area contributed by atoms with Crippen molar-refractivity contribution in [2.45, 2.75) is 50.2 Å². The number of terminal acetylenes is 2. The van der Waals surface area contributed by atoms with E-state index in [1.165, 1.54) is 0 Å². The van der Waals surface area contributed by atoms with Crippen LogP contribution in [0.5, 0.6) is 0 Å². The zero-order valence-corrected chi connectivity index (χ0v) is 13.0. The molecule has 0 radical (unpaired) electrons. The van der Waals surface area contributed by atoms with Crippen LogP contribution in [0.1, 0.15) is 49.4 Å². The molecule has 0 spiro atoms. The van der Waals surface area contributed by atoms with E-state index in [-0.39, 0.29) is 18.1 Å². The highest BCUT2D eigenvalue weighted by Gasteiger charge is 2.38. The summed E-state index contributed by atoms with van der Waals surface area (Å²) < 4.78 is 1.60. The Morgan fingerprint density at radius 2 is 2.17 bits per heavy atom. The first kappa shape index (κ1) is 15.3. The highest BCUT2D eigenvalue weighted by Crippen LogP contribution is 2.39. The van der Waals surface area contributed by atoms with Crippen molar-refractivity contribution < 1.29 is 4.79 Å². The monoisotopic (exact) mass is 309 g/mol. The van der Waals surface area contributed by atoms with Gasteiger partial charge in [0.05, 0.1) is 5.69 Å². The van der Waals surface area contributed by atoms with Crippen molar-refractivity contribution in [2.75, 3.05) is 6.54 Å². The molecule has 0 unspecified atom stereocenters. The number of carbonyl (C=O) groups is 1. The second kappa shape index (κ2) is 6.26. The lowest BCUT2D eigenvalue weighted by molar-refractivity contribution is -0.121. The number of aromatic nitrogens is 2. The largest absolute Gasteiger partial charge is 0.354 e. The van der Waals surface area contributed by atoms with Crippen molar-refractivity contribution in [2.24, 2.45) is 10.2 Å². The molecule has 6 heteroatoms. The maximum atomic E-state index is 12.1. The van der Waals surface area contributed by atoms with E-state index in [0.29, 0.717) is 31.0 Å². The molecule has 0 atom stereocenters. The summed E-state index contributed by atoms with van der Waals surface area (Å²) in [5.74, 6) is 5.58. The van der Waals surface area contributed by atoms with Crippen LogP contribution in [-0.2, 0) is 11.3 Å². The lowest BCUT2D eigenvalue weighted by Crippen LogP contribution is -2.31. The molecule has 3 rings (SSSR count). The molecule has 0 bridgehead atoms. The summed E-state index contributed by atoms with van der Waals surface area (Å²) in [5, 5.41) is 15.4. The Kier molecular flexibility index (Phi) is 4.16. The summed E-state index contributed by atoms with van der Waals surface area (Å²) in [4.78, 5) is 12.1. The van der Waals surface area contributed by atoms with Gasteiger partial charge in [0.1, 0.15) is 12.2 Å². The van der Waals surface area contributed by atoms with Crippen LogP contribution in [0.15, 0.2) is 16.3 Å². The van der Waals surface area contributed by atoms with E-state index in [2.05, 4.69) is 32.5 Å². The number of nitrogens with one attached hydrogen (secondary N) is 1. The van der Waals surface area contributed by atoms with Gasteiger partial charge in [-0.15, -0.1) is 18.8 Å². The number of rotatable bonds is 8. The molecule has 1 aliphatic carbocycles. The molecular formula is C17H19N5O. The molecule has 1 aromatic rings. The van der Waals surface area contributed by atoms with Crippen LogP contribution in [0.3, 0.4) is 0 Å². The Morgan fingerprint density at radius 3 is 2.78 bits per heavy atom. The zero-order valence-electron chi connectivity index (χ0n) is 13.0. The fourth-order valence-electron chi connectivity index (χ4n) is 2.51. The van der Waals surface area contributed by atoms with Gasteiger partial charge in [-0.05, 0) is 18.9 Å². The molecule has 23 heavy (non-hydrogen) atoms. The molecule has 2 heterocycles. The minimum Gasteiger partial charge on any atom is -0.354 e. The first-order chi connectivity index (χ1) is 11.2. The van der Waals surface area contributed by atoms with Gasteiger partial charge >= 0.3 is 0 Å². The molecule has 1 aliphatic heterocycles. The fraction of sp³-hybridized carbons (Fsp3) is 0.529. The van der Waals surface area contributed by atoms with E-state index in [1.54, 1.807) is 4.68 Å². The van der Waals surface area contributed by atoms with Crippen molar-refractivity contribution in [3.63, 3.8) is 0 Å². The molecule has 1 N–H and O–H groups in total. The average Bonchev–Trinajstić information content (AvgIpc) is 3.46. The Hall–Kier alpha value is -2.60. The highest BCUT2D eigenvalue weighted by atomic mass is 16.2. The summed E-state index contributed by atoms with van der Waals surface area (Å²) in [7, 11) is 0. The molecule has 1 fully saturated rings. The van der Waals surface area contributed by atoms with E-state index in [1.807, 2.05) is 6.07 Å². The Morgan fingerprint density at radius 1 is 1.39 bits per heavy atom. The summed E-state index contributed by atoms with van der Waals surface area (Å²) in [6.45, 7) is 0.649. The first-order valence-electron chi connectivity index (χ1n) is 7.84. The van der Waals surface area contributed by atoms with Gasteiger partial charge in [0.2, 0.25) is 5.91 Å². The molecule has 2 aliphatic rings. The van der Waals surface area contributed by atoms with Crippen molar-refractivity contribution in [3.8, 4) is 24.7 Å². The van der Waals surface area contributed by atoms with Crippen LogP contribution in [0.4, 0.5) is 0 Å². The van der Waals surface area contributed by atoms with Gasteiger partial charge in [-0.3, -0.25) is 4.79 Å². The van der Waals surface area contributed by atoms with Gasteiger partial charge in [-0.1, -0.05) is 5.92 Å². The van der Waals surface area contributed by atoms with E-state index in [0.717, 1.165) is 25.0 Å². The summed E-state index contributed by atoms with van der Waals surface area (Å²) >= 11 is 0. The number of carbonyl (C=O) groups excluding carboxylic acids is 1. The smallest absolute Gasteiger partial charge is 0.241 e. The van der Waals surface area contributed by atoms with Crippen LogP contribution in [-0.4, -0.2) is 27.9 Å². The van der Waals surface area contributed by atoms with Crippen LogP contribution in [0.25, 0.3) is 0 Å². The minimum absolute atomic E-state index is 0.111. The van der Waals surface area contributed by atoms with E-state index >= 15 is 0 Å². The maximum Gasteiger partial charge on any atom is 0.241 e. The standard InChI is InChI=1S/C17H19N5O/c1-3-5-8-17(20-21-17)9-10-18-16(23)12-22-14(4-2)11-15(19-22)13-6-7-13/h1-2,11,13H,5-10,12H2,(H,18,23). The summed E-state index contributed by atoms with van der Waals surface area (Å²) in [6, 6.07) is 1.90. The van der Waals surface area contributed by atoms with E-state index < -0.39 is 0 Å². The van der Waals surface area contributed by atoms with Crippen LogP contribution in [0, 0.1) is 24.7 Å². The number of hydrogen-bond acceptors (Lipinski definition) is 4. The maximum absolute atomic E-state index is 12.1. The normalized spacial score (nSPS) is 17.3. The Labute approximate surface area is 135 Å². The van der Waals surface area contributed by atoms with E-state index in [4.69, 9.17) is 12.8 Å². The molecule has 1 amide bonds. The van der Waals surface area contributed by atoms with Gasteiger partial charge in [-0.2, -0.15) is 15.3 Å². The SMILES string of the molecule is C#CCCC1(CCNC(=O)Cn2nc(C3CC3)cc2C#C)N=N1. The number of nitrogens with zero attached hydrogens (tertiary/aromatic N) is 4. The third-order valence-corrected chi connectivity index (χ3v) is 4.14. The van der Waals surface area contributed by atoms with Crippen LogP contribution in [0.2, 0.25) is 0 Å². The quantitative estimate of drug-likeness (QED) is 0.744. The van der Waals surface area contributed by atoms with Crippen LogP contribution >= 0.6 is 0 Å². The predicted octanol–water partition coefficient (Wildman–Crippen LogP) is 1.82. The van der Waals surface area contributed by atoms with Gasteiger partial charge in [0, 0.05) is 31.7 Å².